The number of rotatable bonds is 0. The Morgan fingerprint density at radius 2 is 1.00 bits per heavy atom. The zero-order chi connectivity index (χ0) is 4.50. The first-order chi connectivity index (χ1) is 2.00. The van der Waals surface area contributed by atoms with E-state index in [1.807, 2.05) is 0 Å². The second-order valence-electron chi connectivity index (χ2n) is 0.600. The van der Waals surface area contributed by atoms with Gasteiger partial charge in [0.25, 0.3) is 0 Å². The molecule has 0 spiro atoms. The van der Waals surface area contributed by atoms with Crippen LogP contribution in [0.25, 0.3) is 0 Å². The van der Waals surface area contributed by atoms with Crippen LogP contribution in [0, 0.1) is 0 Å². The largest absolute Gasteiger partial charge is 2.00 e. The van der Waals surface area contributed by atoms with Crippen LogP contribution in [0.2, 0.25) is 0 Å². The Hall–Kier alpha value is 2.16. The summed E-state index contributed by atoms with van der Waals surface area (Å²) in [5.41, 5.74) is 0. The molecule has 38 valence electrons. The molecule has 0 aliphatic rings. The van der Waals surface area contributed by atoms with Gasteiger partial charge < -0.3 is 22.0 Å². The first kappa shape index (κ1) is 16.1. The van der Waals surface area contributed by atoms with Crippen LogP contribution in [0.3, 0.4) is 0 Å². The number of hydrogen-bond donors (Lipinski definition) is 4. The van der Waals surface area contributed by atoms with E-state index in [-0.39, 0.29) is 67.8 Å². The summed E-state index contributed by atoms with van der Waals surface area (Å²) in [4.78, 5) is 29.3. The Labute approximate surface area is 94.7 Å². The van der Waals surface area contributed by atoms with Crippen molar-refractivity contribution < 1.29 is 41.5 Å². The van der Waals surface area contributed by atoms with Crippen LogP contribution in [0.4, 0.5) is 0 Å². The average molecular weight is 251 g/mol. The molecule has 7 heteroatoms. The van der Waals surface area contributed by atoms with Crippen LogP contribution < -0.4 is 0 Å². The van der Waals surface area contributed by atoms with E-state index in [1.54, 1.807) is 0 Å². The summed E-state index contributed by atoms with van der Waals surface area (Å²) in [7, 11) is -4.61. The van der Waals surface area contributed by atoms with E-state index in [1.165, 1.54) is 0 Å². The Bertz CT molecular complexity index is 34.0. The van der Waals surface area contributed by atoms with Gasteiger partial charge in [-0.2, -0.15) is 0 Å². The summed E-state index contributed by atoms with van der Waals surface area (Å²) in [6, 6.07) is 0. The topological polar surface area (TPSA) is 80.9 Å². The maximum absolute atomic E-state index is 7.33. The zero-order valence-corrected chi connectivity index (χ0v) is 11.1. The van der Waals surface area contributed by atoms with Gasteiger partial charge in [0.1, 0.15) is 0 Å². The van der Waals surface area contributed by atoms with Gasteiger partial charge in [-0.05, 0) is 0 Å². The van der Waals surface area contributed by atoms with Crippen molar-refractivity contribution in [3.8, 4) is 0 Å². The van der Waals surface area contributed by atoms with Crippen molar-refractivity contribution in [2.24, 2.45) is 0 Å². The second-order valence-corrected chi connectivity index (χ2v) is 1.80. The smallest absolute Gasteiger partial charge is 1.00 e. The van der Waals surface area contributed by atoms with Gasteiger partial charge in [0.15, 0.2) is 0 Å². The molecule has 0 fully saturated rings. The quantitative estimate of drug-likeness (QED) is 0.351. The molecule has 0 aliphatic heterocycles. The Morgan fingerprint density at radius 3 is 1.00 bits per heavy atom. The van der Waals surface area contributed by atoms with E-state index in [4.69, 9.17) is 19.2 Å². The molecule has 0 unspecified atom stereocenters. The fourth-order valence-corrected chi connectivity index (χ4v) is 0. The molecule has 0 bridgehead atoms. The maximum Gasteiger partial charge on any atom is 2.00 e. The molecule has 0 saturated carbocycles. The summed E-state index contributed by atoms with van der Waals surface area (Å²) in [5, 5.41) is 0. The molecule has 0 aromatic heterocycles. The Kier molecular flexibility index (Phi) is 14.4. The van der Waals surface area contributed by atoms with Crippen LogP contribution >= 0.6 is 0 Å². The van der Waals surface area contributed by atoms with E-state index in [0.717, 1.165) is 0 Å². The van der Waals surface area contributed by atoms with E-state index in [9.17, 15) is 0 Å². The minimum Gasteiger partial charge on any atom is -1.00 e. The monoisotopic (exact) mass is 250 g/mol. The molecule has 0 radical (unpaired) electrons. The molecular formula is H6O4SiSrZn. The van der Waals surface area contributed by atoms with E-state index < -0.39 is 9.05 Å². The summed E-state index contributed by atoms with van der Waals surface area (Å²) < 4.78 is 0. The molecule has 0 rings (SSSR count). The van der Waals surface area contributed by atoms with Gasteiger partial charge >= 0.3 is 54.5 Å². The van der Waals surface area contributed by atoms with Gasteiger partial charge in [-0.25, -0.2) is 0 Å². The van der Waals surface area contributed by atoms with Crippen molar-refractivity contribution in [1.29, 1.82) is 0 Å². The van der Waals surface area contributed by atoms with E-state index in [0.29, 0.717) is 0 Å². The molecule has 0 aromatic rings. The van der Waals surface area contributed by atoms with Crippen LogP contribution in [-0.4, -0.2) is 73.7 Å². The standard InChI is InChI=1S/H4O4Si.Sr.Zn.2H/c1-5(2,3)4;;;;/h1-4H;;;;/q;+2;;2*-1. The van der Waals surface area contributed by atoms with Crippen LogP contribution in [-0.2, 0) is 19.5 Å². The predicted octanol–water partition coefficient (Wildman–Crippen LogP) is -2.77. The molecule has 0 heterocycles. The van der Waals surface area contributed by atoms with Crippen LogP contribution in [0.5, 0.6) is 0 Å². The van der Waals surface area contributed by atoms with Crippen molar-refractivity contribution >= 4 is 54.5 Å². The minimum atomic E-state index is -4.61. The van der Waals surface area contributed by atoms with Crippen molar-refractivity contribution in [3.05, 3.63) is 0 Å². The first-order valence-corrected chi connectivity index (χ1v) is 2.68. The molecule has 0 aromatic carbocycles. The molecule has 4 nitrogen and oxygen atoms in total. The maximum atomic E-state index is 7.33. The summed E-state index contributed by atoms with van der Waals surface area (Å²) in [6.07, 6.45) is 0. The summed E-state index contributed by atoms with van der Waals surface area (Å²) in [5.74, 6) is 0. The Balaban J connectivity index is -0.0000000133. The third-order valence-electron chi connectivity index (χ3n) is 0. The third-order valence-corrected chi connectivity index (χ3v) is 0. The number of hydrogen-bond acceptors (Lipinski definition) is 4. The molecule has 0 saturated heterocycles. The molecule has 7 heavy (non-hydrogen) atoms. The van der Waals surface area contributed by atoms with E-state index in [2.05, 4.69) is 0 Å². The van der Waals surface area contributed by atoms with E-state index >= 15 is 0 Å². The van der Waals surface area contributed by atoms with Crippen LogP contribution in [0.1, 0.15) is 2.85 Å². The average Bonchev–Trinajstić information content (AvgIpc) is 0.722. The van der Waals surface area contributed by atoms with Crippen LogP contribution in [0.15, 0.2) is 0 Å². The Morgan fingerprint density at radius 1 is 1.00 bits per heavy atom. The first-order valence-electron chi connectivity index (χ1n) is 0.894. The second kappa shape index (κ2) is 6.28. The fourth-order valence-electron chi connectivity index (χ4n) is 0. The summed E-state index contributed by atoms with van der Waals surface area (Å²) in [6.45, 7) is 0. The van der Waals surface area contributed by atoms with Crippen molar-refractivity contribution in [2.45, 2.75) is 0 Å². The van der Waals surface area contributed by atoms with Crippen molar-refractivity contribution in [2.75, 3.05) is 0 Å². The van der Waals surface area contributed by atoms with Gasteiger partial charge in [-0.1, -0.05) is 0 Å². The predicted molar refractivity (Wildman–Crippen MR) is 22.6 cm³/mol. The molecule has 0 aliphatic carbocycles. The summed E-state index contributed by atoms with van der Waals surface area (Å²) >= 11 is 0. The van der Waals surface area contributed by atoms with Gasteiger partial charge in [0.2, 0.25) is 0 Å². The molecular weight excluding hydrogens is 245 g/mol. The fraction of sp³-hybridized carbons (Fsp3) is 0. The zero-order valence-electron chi connectivity index (χ0n) is 5.70. The molecule has 0 atom stereocenters. The van der Waals surface area contributed by atoms with Crippen molar-refractivity contribution in [1.82, 2.24) is 0 Å². The molecule has 4 N–H and O–H groups in total. The van der Waals surface area contributed by atoms with Gasteiger partial charge in [-0.3, -0.25) is 0 Å². The van der Waals surface area contributed by atoms with Crippen molar-refractivity contribution in [3.63, 3.8) is 0 Å². The van der Waals surface area contributed by atoms with Gasteiger partial charge in [0.05, 0.1) is 0 Å². The SMILES string of the molecule is O[Si](O)(O)O.[H-].[H-].[Sr+2].[Zn]. The molecule has 0 amide bonds. The normalized spacial score (nSPS) is 8.57. The van der Waals surface area contributed by atoms with Gasteiger partial charge in [0, 0.05) is 19.5 Å². The van der Waals surface area contributed by atoms with Gasteiger partial charge in [-0.15, -0.1) is 0 Å². The third kappa shape index (κ3) is 66.3. The minimum absolute atomic E-state index is 0.